The number of amidine groups is 2. The van der Waals surface area contributed by atoms with Crippen molar-refractivity contribution in [1.29, 1.82) is 0 Å². The molecule has 6 nitrogen and oxygen atoms in total. The molecule has 6 heteroatoms. The minimum absolute atomic E-state index is 0.561. The van der Waals surface area contributed by atoms with E-state index in [1.165, 1.54) is 51.4 Å². The van der Waals surface area contributed by atoms with E-state index in [0.717, 1.165) is 48.6 Å². The highest BCUT2D eigenvalue weighted by Crippen LogP contribution is 2.18. The molecule has 0 spiro atoms. The Balaban J connectivity index is 1.45. The van der Waals surface area contributed by atoms with Crippen molar-refractivity contribution in [2.75, 3.05) is 27.3 Å². The molecule has 0 heterocycles. The summed E-state index contributed by atoms with van der Waals surface area (Å²) in [4.78, 5) is 9.03. The molecule has 34 heavy (non-hydrogen) atoms. The topological polar surface area (TPSA) is 95.2 Å². The highest BCUT2D eigenvalue weighted by Gasteiger charge is 2.06. The summed E-state index contributed by atoms with van der Waals surface area (Å²) in [6.45, 7) is 1.54. The van der Waals surface area contributed by atoms with Crippen LogP contribution in [-0.2, 0) is 0 Å². The third-order valence-electron chi connectivity index (χ3n) is 5.90. The van der Waals surface area contributed by atoms with E-state index < -0.39 is 0 Å². The SMILES string of the molecule is COc1ccccc1C(N)=NCCCCCCCCCCCCN=C(N)c1ccccc1OC. The number of para-hydroxylation sites is 2. The molecule has 0 aliphatic rings. The molecule has 4 N–H and O–H groups in total. The van der Waals surface area contributed by atoms with Gasteiger partial charge in [0.05, 0.1) is 25.3 Å². The number of benzene rings is 2. The molecular formula is C28H42N4O2. The zero-order chi connectivity index (χ0) is 24.4. The van der Waals surface area contributed by atoms with E-state index in [0.29, 0.717) is 11.7 Å². The smallest absolute Gasteiger partial charge is 0.129 e. The number of rotatable bonds is 17. The molecule has 2 aromatic rings. The van der Waals surface area contributed by atoms with Crippen LogP contribution in [0.5, 0.6) is 11.5 Å². The fourth-order valence-corrected chi connectivity index (χ4v) is 3.92. The molecule has 0 aromatic heterocycles. The predicted molar refractivity (Wildman–Crippen MR) is 143 cm³/mol. The lowest BCUT2D eigenvalue weighted by Crippen LogP contribution is -2.15. The van der Waals surface area contributed by atoms with Crippen molar-refractivity contribution in [3.63, 3.8) is 0 Å². The molecule has 0 aliphatic carbocycles. The van der Waals surface area contributed by atoms with Gasteiger partial charge in [0.25, 0.3) is 0 Å². The molecule has 0 radical (unpaired) electrons. The van der Waals surface area contributed by atoms with Crippen LogP contribution in [0.4, 0.5) is 0 Å². The van der Waals surface area contributed by atoms with Crippen LogP contribution in [-0.4, -0.2) is 39.0 Å². The Morgan fingerprint density at radius 2 is 0.882 bits per heavy atom. The van der Waals surface area contributed by atoms with Crippen molar-refractivity contribution in [3.05, 3.63) is 59.7 Å². The first-order valence-electron chi connectivity index (χ1n) is 12.5. The summed E-state index contributed by atoms with van der Waals surface area (Å²) < 4.78 is 10.7. The van der Waals surface area contributed by atoms with Gasteiger partial charge in [0.1, 0.15) is 23.2 Å². The van der Waals surface area contributed by atoms with Crippen molar-refractivity contribution >= 4 is 11.7 Å². The lowest BCUT2D eigenvalue weighted by molar-refractivity contribution is 0.414. The van der Waals surface area contributed by atoms with Crippen LogP contribution >= 0.6 is 0 Å². The molecule has 0 amide bonds. The molecule has 2 rings (SSSR count). The number of nitrogens with two attached hydrogens (primary N) is 2. The largest absolute Gasteiger partial charge is 0.496 e. The van der Waals surface area contributed by atoms with Crippen LogP contribution < -0.4 is 20.9 Å². The molecule has 0 saturated carbocycles. The van der Waals surface area contributed by atoms with Gasteiger partial charge in [-0.2, -0.15) is 0 Å². The molecule has 0 fully saturated rings. The van der Waals surface area contributed by atoms with E-state index in [2.05, 4.69) is 9.98 Å². The number of unbranched alkanes of at least 4 members (excludes halogenated alkanes) is 9. The number of nitrogens with zero attached hydrogens (tertiary/aromatic N) is 2. The Morgan fingerprint density at radius 3 is 1.24 bits per heavy atom. The Hall–Kier alpha value is -3.02. The summed E-state index contributed by atoms with van der Waals surface area (Å²) in [6, 6.07) is 15.5. The van der Waals surface area contributed by atoms with E-state index in [4.69, 9.17) is 20.9 Å². The Bertz CT molecular complexity index is 822. The first-order chi connectivity index (χ1) is 16.7. The van der Waals surface area contributed by atoms with Crippen LogP contribution in [0.15, 0.2) is 58.5 Å². The maximum absolute atomic E-state index is 6.12. The molecule has 0 atom stereocenters. The summed E-state index contributed by atoms with van der Waals surface area (Å²) in [7, 11) is 3.31. The third-order valence-corrected chi connectivity index (χ3v) is 5.90. The molecule has 0 saturated heterocycles. The maximum Gasteiger partial charge on any atom is 0.129 e. The average Bonchev–Trinajstić information content (AvgIpc) is 2.88. The zero-order valence-electron chi connectivity index (χ0n) is 21.0. The average molecular weight is 467 g/mol. The zero-order valence-corrected chi connectivity index (χ0v) is 21.0. The number of aliphatic imine (C=N–C) groups is 2. The van der Waals surface area contributed by atoms with Crippen molar-refractivity contribution in [2.24, 2.45) is 21.5 Å². The third kappa shape index (κ3) is 9.86. The summed E-state index contributed by atoms with van der Waals surface area (Å²) in [5.74, 6) is 2.66. The van der Waals surface area contributed by atoms with Gasteiger partial charge >= 0.3 is 0 Å². The van der Waals surface area contributed by atoms with Gasteiger partial charge < -0.3 is 20.9 Å². The van der Waals surface area contributed by atoms with Gasteiger partial charge in [-0.25, -0.2) is 0 Å². The summed E-state index contributed by atoms with van der Waals surface area (Å²) in [5.41, 5.74) is 14.0. The van der Waals surface area contributed by atoms with Crippen molar-refractivity contribution in [2.45, 2.75) is 64.2 Å². The molecular weight excluding hydrogens is 424 g/mol. The second-order valence-electron chi connectivity index (χ2n) is 8.47. The van der Waals surface area contributed by atoms with Gasteiger partial charge in [-0.15, -0.1) is 0 Å². The molecule has 186 valence electrons. The fourth-order valence-electron chi connectivity index (χ4n) is 3.92. The second kappa shape index (κ2) is 16.6. The number of methoxy groups -OCH3 is 2. The van der Waals surface area contributed by atoms with Gasteiger partial charge in [0.2, 0.25) is 0 Å². The molecule has 0 bridgehead atoms. The molecule has 0 unspecified atom stereocenters. The van der Waals surface area contributed by atoms with Gasteiger partial charge in [-0.05, 0) is 37.1 Å². The normalized spacial score (nSPS) is 12.1. The minimum atomic E-state index is 0.561. The van der Waals surface area contributed by atoms with Crippen molar-refractivity contribution in [1.82, 2.24) is 0 Å². The maximum atomic E-state index is 6.12. The monoisotopic (exact) mass is 466 g/mol. The minimum Gasteiger partial charge on any atom is -0.496 e. The highest BCUT2D eigenvalue weighted by atomic mass is 16.5. The van der Waals surface area contributed by atoms with E-state index in [1.54, 1.807) is 14.2 Å². The summed E-state index contributed by atoms with van der Waals surface area (Å²) >= 11 is 0. The van der Waals surface area contributed by atoms with E-state index in [-0.39, 0.29) is 0 Å². The number of hydrogen-bond acceptors (Lipinski definition) is 4. The Morgan fingerprint density at radius 1 is 0.559 bits per heavy atom. The van der Waals surface area contributed by atoms with Crippen molar-refractivity contribution in [3.8, 4) is 11.5 Å². The molecule has 2 aromatic carbocycles. The quantitative estimate of drug-likeness (QED) is 0.177. The predicted octanol–water partition coefficient (Wildman–Crippen LogP) is 5.72. The van der Waals surface area contributed by atoms with Gasteiger partial charge in [-0.3, -0.25) is 9.98 Å². The fraction of sp³-hybridized carbons (Fsp3) is 0.500. The summed E-state index contributed by atoms with van der Waals surface area (Å²) in [5, 5.41) is 0. The Labute approximate surface area is 205 Å². The van der Waals surface area contributed by atoms with E-state index in [9.17, 15) is 0 Å². The number of ether oxygens (including phenoxy) is 2. The van der Waals surface area contributed by atoms with E-state index >= 15 is 0 Å². The first kappa shape index (κ1) is 27.2. The summed E-state index contributed by atoms with van der Waals surface area (Å²) in [6.07, 6.45) is 12.3. The molecule has 0 aliphatic heterocycles. The lowest BCUT2D eigenvalue weighted by Gasteiger charge is -2.07. The van der Waals surface area contributed by atoms with Crippen LogP contribution in [0, 0.1) is 0 Å². The van der Waals surface area contributed by atoms with Crippen molar-refractivity contribution < 1.29 is 9.47 Å². The van der Waals surface area contributed by atoms with E-state index in [1.807, 2.05) is 48.5 Å². The van der Waals surface area contributed by atoms with Gasteiger partial charge in [-0.1, -0.05) is 75.6 Å². The first-order valence-corrected chi connectivity index (χ1v) is 12.5. The van der Waals surface area contributed by atoms with Crippen LogP contribution in [0.2, 0.25) is 0 Å². The standard InChI is InChI=1S/C28H42N4O2/c1-33-25-19-13-11-17-23(25)27(29)31-21-15-9-7-5-3-4-6-8-10-16-22-32-28(30)24-18-12-14-20-26(24)34-2/h11-14,17-20H,3-10,15-16,21-22H2,1-2H3,(H2,29,31)(H2,30,32). The number of hydrogen-bond donors (Lipinski definition) is 2. The van der Waals surface area contributed by atoms with Gasteiger partial charge in [0.15, 0.2) is 0 Å². The highest BCUT2D eigenvalue weighted by molar-refractivity contribution is 6.00. The van der Waals surface area contributed by atoms with Crippen LogP contribution in [0.3, 0.4) is 0 Å². The Kier molecular flexibility index (Phi) is 13.3. The second-order valence-corrected chi connectivity index (χ2v) is 8.47. The van der Waals surface area contributed by atoms with Crippen LogP contribution in [0.25, 0.3) is 0 Å². The lowest BCUT2D eigenvalue weighted by atomic mass is 10.1. The van der Waals surface area contributed by atoms with Crippen LogP contribution in [0.1, 0.15) is 75.3 Å². The van der Waals surface area contributed by atoms with Gasteiger partial charge in [0, 0.05) is 13.1 Å².